The summed E-state index contributed by atoms with van der Waals surface area (Å²) in [6, 6.07) is 0.302. The second-order valence-electron chi connectivity index (χ2n) is 3.36. The van der Waals surface area contributed by atoms with Crippen LogP contribution in [0.15, 0.2) is 0 Å². The van der Waals surface area contributed by atoms with Crippen molar-refractivity contribution in [2.24, 2.45) is 11.7 Å². The molecule has 13 heavy (non-hydrogen) atoms. The average molecular weight is 208 g/mol. The van der Waals surface area contributed by atoms with E-state index in [1.165, 1.54) is 0 Å². The second-order valence-corrected chi connectivity index (χ2v) is 3.36. The summed E-state index contributed by atoms with van der Waals surface area (Å²) in [4.78, 5) is 11.2. The zero-order valence-corrected chi connectivity index (χ0v) is 8.81. The Morgan fingerprint density at radius 2 is 1.92 bits per heavy atom. The van der Waals surface area contributed by atoms with Crippen molar-refractivity contribution in [3.8, 4) is 0 Å². The Kier molecular flexibility index (Phi) is 6.08. The fourth-order valence-corrected chi connectivity index (χ4v) is 1.62. The number of carbonyl (C=O) groups excluding carboxylic acids is 1. The van der Waals surface area contributed by atoms with Crippen molar-refractivity contribution >= 4 is 18.4 Å². The lowest BCUT2D eigenvalue weighted by Crippen LogP contribution is -2.30. The number of nitrogens with two attached hydrogens (primary N) is 1. The van der Waals surface area contributed by atoms with Crippen molar-refractivity contribution in [3.05, 3.63) is 0 Å². The molecule has 0 aromatic rings. The minimum atomic E-state index is -0.0376. The summed E-state index contributed by atoms with van der Waals surface area (Å²) in [6.45, 7) is 2.33. The maximum Gasteiger partial charge on any atom is 0.308 e. The summed E-state index contributed by atoms with van der Waals surface area (Å²) in [5.41, 5.74) is 5.72. The first-order valence-corrected chi connectivity index (χ1v) is 4.66. The van der Waals surface area contributed by atoms with E-state index in [1.54, 1.807) is 0 Å². The van der Waals surface area contributed by atoms with E-state index in [-0.39, 0.29) is 24.3 Å². The van der Waals surface area contributed by atoms with Gasteiger partial charge < -0.3 is 10.5 Å². The number of esters is 1. The Morgan fingerprint density at radius 3 is 2.38 bits per heavy atom. The Morgan fingerprint density at radius 1 is 1.38 bits per heavy atom. The minimum absolute atomic E-state index is 0. The summed E-state index contributed by atoms with van der Waals surface area (Å²) in [7, 11) is 0. The van der Waals surface area contributed by atoms with Gasteiger partial charge in [-0.25, -0.2) is 0 Å². The first kappa shape index (κ1) is 12.7. The molecule has 0 aliphatic heterocycles. The lowest BCUT2D eigenvalue weighted by Gasteiger charge is -2.24. The van der Waals surface area contributed by atoms with Crippen LogP contribution in [0.4, 0.5) is 0 Å². The summed E-state index contributed by atoms with van der Waals surface area (Å²) >= 11 is 0. The Hall–Kier alpha value is -0.280. The summed E-state index contributed by atoms with van der Waals surface area (Å²) in [5, 5.41) is 0. The van der Waals surface area contributed by atoms with Crippen LogP contribution in [0.25, 0.3) is 0 Å². The molecular formula is C9H18ClNO2. The SMILES string of the molecule is CCOC(=O)[C@H]1CC[C@H](N)CC1.Cl. The first-order chi connectivity index (χ1) is 5.74. The molecule has 0 unspecified atom stereocenters. The third-order valence-electron chi connectivity index (χ3n) is 2.39. The van der Waals surface area contributed by atoms with E-state index in [9.17, 15) is 4.79 Å². The van der Waals surface area contributed by atoms with Crippen molar-refractivity contribution < 1.29 is 9.53 Å². The molecule has 1 saturated carbocycles. The van der Waals surface area contributed by atoms with Gasteiger partial charge in [0.05, 0.1) is 12.5 Å². The zero-order chi connectivity index (χ0) is 8.97. The van der Waals surface area contributed by atoms with Gasteiger partial charge in [0.25, 0.3) is 0 Å². The summed E-state index contributed by atoms with van der Waals surface area (Å²) in [6.07, 6.45) is 3.73. The molecule has 0 aromatic heterocycles. The van der Waals surface area contributed by atoms with Crippen LogP contribution in [-0.2, 0) is 9.53 Å². The highest BCUT2D eigenvalue weighted by atomic mass is 35.5. The van der Waals surface area contributed by atoms with Crippen LogP contribution in [0.2, 0.25) is 0 Å². The molecule has 0 aromatic carbocycles. The first-order valence-electron chi connectivity index (χ1n) is 4.66. The number of halogens is 1. The Labute approximate surface area is 85.4 Å². The predicted molar refractivity (Wildman–Crippen MR) is 53.8 cm³/mol. The second kappa shape index (κ2) is 6.22. The van der Waals surface area contributed by atoms with Gasteiger partial charge in [0.15, 0.2) is 0 Å². The lowest BCUT2D eigenvalue weighted by atomic mass is 9.86. The van der Waals surface area contributed by atoms with E-state index in [0.29, 0.717) is 12.6 Å². The van der Waals surface area contributed by atoms with Crippen molar-refractivity contribution in [1.29, 1.82) is 0 Å². The summed E-state index contributed by atoms with van der Waals surface area (Å²) < 4.78 is 4.94. The number of carbonyl (C=O) groups is 1. The van der Waals surface area contributed by atoms with Gasteiger partial charge >= 0.3 is 5.97 Å². The van der Waals surface area contributed by atoms with Crippen LogP contribution < -0.4 is 5.73 Å². The summed E-state index contributed by atoms with van der Waals surface area (Å²) in [5.74, 6) is 0.0779. The van der Waals surface area contributed by atoms with Gasteiger partial charge in [0, 0.05) is 6.04 Å². The van der Waals surface area contributed by atoms with Crippen LogP contribution in [0.1, 0.15) is 32.6 Å². The minimum Gasteiger partial charge on any atom is -0.466 e. The van der Waals surface area contributed by atoms with Crippen LogP contribution >= 0.6 is 12.4 Å². The van der Waals surface area contributed by atoms with Gasteiger partial charge in [-0.1, -0.05) is 0 Å². The van der Waals surface area contributed by atoms with Crippen molar-refractivity contribution in [2.75, 3.05) is 6.61 Å². The molecule has 1 aliphatic rings. The van der Waals surface area contributed by atoms with Gasteiger partial charge in [0.1, 0.15) is 0 Å². The van der Waals surface area contributed by atoms with E-state index in [2.05, 4.69) is 0 Å². The number of ether oxygens (including phenoxy) is 1. The number of rotatable bonds is 2. The molecule has 0 saturated heterocycles. The molecule has 3 nitrogen and oxygen atoms in total. The van der Waals surface area contributed by atoms with Gasteiger partial charge in [-0.2, -0.15) is 0 Å². The molecule has 0 spiro atoms. The Bertz CT molecular complexity index is 156. The maximum absolute atomic E-state index is 11.2. The van der Waals surface area contributed by atoms with E-state index < -0.39 is 0 Å². The van der Waals surface area contributed by atoms with Gasteiger partial charge in [-0.05, 0) is 32.6 Å². The fourth-order valence-electron chi connectivity index (χ4n) is 1.62. The monoisotopic (exact) mass is 207 g/mol. The quantitative estimate of drug-likeness (QED) is 0.699. The number of hydrogen-bond acceptors (Lipinski definition) is 3. The normalized spacial score (nSPS) is 27.5. The average Bonchev–Trinajstić information content (AvgIpc) is 2.06. The lowest BCUT2D eigenvalue weighted by molar-refractivity contribution is -0.149. The van der Waals surface area contributed by atoms with E-state index >= 15 is 0 Å². The highest BCUT2D eigenvalue weighted by Crippen LogP contribution is 2.23. The molecule has 0 amide bonds. The Balaban J connectivity index is 0.00000144. The largest absolute Gasteiger partial charge is 0.466 e. The molecule has 0 atom stereocenters. The third-order valence-corrected chi connectivity index (χ3v) is 2.39. The van der Waals surface area contributed by atoms with E-state index in [1.807, 2.05) is 6.92 Å². The molecule has 0 radical (unpaired) electrons. The highest BCUT2D eigenvalue weighted by molar-refractivity contribution is 5.85. The predicted octanol–water partition coefficient (Wildman–Crippen LogP) is 1.49. The van der Waals surface area contributed by atoms with E-state index in [0.717, 1.165) is 25.7 Å². The molecule has 0 heterocycles. The van der Waals surface area contributed by atoms with Crippen molar-refractivity contribution in [1.82, 2.24) is 0 Å². The smallest absolute Gasteiger partial charge is 0.308 e. The van der Waals surface area contributed by atoms with Gasteiger partial charge in [-0.15, -0.1) is 12.4 Å². The molecule has 1 fully saturated rings. The van der Waals surface area contributed by atoms with Crippen LogP contribution in [0.5, 0.6) is 0 Å². The van der Waals surface area contributed by atoms with Crippen molar-refractivity contribution in [2.45, 2.75) is 38.6 Å². The maximum atomic E-state index is 11.2. The molecule has 78 valence electrons. The molecule has 1 rings (SSSR count). The van der Waals surface area contributed by atoms with Gasteiger partial charge in [0.2, 0.25) is 0 Å². The van der Waals surface area contributed by atoms with Crippen LogP contribution in [0, 0.1) is 5.92 Å². The fraction of sp³-hybridized carbons (Fsp3) is 0.889. The third kappa shape index (κ3) is 3.96. The van der Waals surface area contributed by atoms with E-state index in [4.69, 9.17) is 10.5 Å². The highest BCUT2D eigenvalue weighted by Gasteiger charge is 2.25. The van der Waals surface area contributed by atoms with Crippen LogP contribution in [-0.4, -0.2) is 18.6 Å². The standard InChI is InChI=1S/C9H17NO2.ClH/c1-2-12-9(11)7-3-5-8(10)6-4-7;/h7-8H,2-6,10H2,1H3;1H/t7-,8-;. The molecule has 1 aliphatic carbocycles. The molecular weight excluding hydrogens is 190 g/mol. The van der Waals surface area contributed by atoms with Crippen LogP contribution in [0.3, 0.4) is 0 Å². The van der Waals surface area contributed by atoms with Crippen molar-refractivity contribution in [3.63, 3.8) is 0 Å². The number of hydrogen-bond donors (Lipinski definition) is 1. The molecule has 4 heteroatoms. The topological polar surface area (TPSA) is 52.3 Å². The molecule has 0 bridgehead atoms. The molecule has 2 N–H and O–H groups in total. The zero-order valence-electron chi connectivity index (χ0n) is 7.99. The van der Waals surface area contributed by atoms with Gasteiger partial charge in [-0.3, -0.25) is 4.79 Å².